The maximum absolute atomic E-state index is 12.1. The van der Waals surface area contributed by atoms with E-state index in [9.17, 15) is 27.1 Å². The van der Waals surface area contributed by atoms with E-state index in [1.54, 1.807) is 0 Å². The van der Waals surface area contributed by atoms with E-state index >= 15 is 0 Å². The molecule has 0 unspecified atom stereocenters. The van der Waals surface area contributed by atoms with Crippen LogP contribution < -0.4 is 10.5 Å². The Morgan fingerprint density at radius 3 is 2.39 bits per heavy atom. The van der Waals surface area contributed by atoms with E-state index in [1.807, 2.05) is 0 Å². The highest BCUT2D eigenvalue weighted by Crippen LogP contribution is 2.32. The molecule has 1 atom stereocenters. The second-order valence-electron chi connectivity index (χ2n) is 3.50. The number of aromatic hydroxyl groups is 1. The standard InChI is InChI=1S/C10H10F5NO2/c11-9(12)4-7(16)6-3-5(1-2-8(6)17)18-10(13,14)15/h1-3,7,9,17H,4,16H2/t7-/m0/s1. The summed E-state index contributed by atoms with van der Waals surface area (Å²) in [5.41, 5.74) is 5.13. The molecule has 0 radical (unpaired) electrons. The summed E-state index contributed by atoms with van der Waals surface area (Å²) < 4.78 is 63.6. The van der Waals surface area contributed by atoms with Crippen molar-refractivity contribution in [2.75, 3.05) is 0 Å². The van der Waals surface area contributed by atoms with E-state index in [2.05, 4.69) is 4.74 Å². The quantitative estimate of drug-likeness (QED) is 0.828. The van der Waals surface area contributed by atoms with Crippen LogP contribution in [-0.4, -0.2) is 17.9 Å². The number of hydrogen-bond donors (Lipinski definition) is 2. The fourth-order valence-corrected chi connectivity index (χ4v) is 1.35. The van der Waals surface area contributed by atoms with Crippen molar-refractivity contribution in [3.8, 4) is 11.5 Å². The summed E-state index contributed by atoms with van der Waals surface area (Å²) in [5, 5.41) is 9.35. The van der Waals surface area contributed by atoms with Gasteiger partial charge in [0.1, 0.15) is 11.5 Å². The molecule has 0 aliphatic rings. The normalized spacial score (nSPS) is 13.7. The Labute approximate surface area is 99.0 Å². The molecule has 0 saturated heterocycles. The molecule has 0 saturated carbocycles. The molecule has 0 aromatic heterocycles. The van der Waals surface area contributed by atoms with Gasteiger partial charge in [-0.15, -0.1) is 13.2 Å². The minimum Gasteiger partial charge on any atom is -0.508 e. The van der Waals surface area contributed by atoms with Crippen LogP contribution in [0.1, 0.15) is 18.0 Å². The molecule has 8 heteroatoms. The zero-order chi connectivity index (χ0) is 13.9. The molecule has 102 valence electrons. The number of phenols is 1. The van der Waals surface area contributed by atoms with Gasteiger partial charge < -0.3 is 15.6 Å². The molecule has 0 heterocycles. The summed E-state index contributed by atoms with van der Waals surface area (Å²) >= 11 is 0. The van der Waals surface area contributed by atoms with Crippen molar-refractivity contribution in [2.45, 2.75) is 25.3 Å². The first-order chi connectivity index (χ1) is 8.19. The van der Waals surface area contributed by atoms with Gasteiger partial charge in [-0.2, -0.15) is 0 Å². The highest BCUT2D eigenvalue weighted by Gasteiger charge is 2.31. The van der Waals surface area contributed by atoms with Gasteiger partial charge in [-0.3, -0.25) is 0 Å². The molecule has 0 fully saturated rings. The molecule has 3 N–H and O–H groups in total. The van der Waals surface area contributed by atoms with Crippen LogP contribution in [0.3, 0.4) is 0 Å². The Kier molecular flexibility index (Phi) is 4.33. The number of hydrogen-bond acceptors (Lipinski definition) is 3. The smallest absolute Gasteiger partial charge is 0.508 e. The summed E-state index contributed by atoms with van der Waals surface area (Å²) in [6, 6.07) is 1.28. The third-order valence-electron chi connectivity index (χ3n) is 2.06. The van der Waals surface area contributed by atoms with Gasteiger partial charge in [-0.25, -0.2) is 8.78 Å². The SMILES string of the molecule is N[C@@H](CC(F)F)c1cc(OC(F)(F)F)ccc1O. The van der Waals surface area contributed by atoms with Gasteiger partial charge in [0, 0.05) is 18.0 Å². The third kappa shape index (κ3) is 4.36. The first kappa shape index (κ1) is 14.5. The predicted octanol–water partition coefficient (Wildman–Crippen LogP) is 2.95. The lowest BCUT2D eigenvalue weighted by Crippen LogP contribution is -2.18. The number of halogens is 5. The molecule has 0 spiro atoms. The zero-order valence-electron chi connectivity index (χ0n) is 8.92. The molecular formula is C10H10F5NO2. The van der Waals surface area contributed by atoms with Crippen LogP contribution in [0.25, 0.3) is 0 Å². The maximum atomic E-state index is 12.1. The topological polar surface area (TPSA) is 55.5 Å². The molecular weight excluding hydrogens is 261 g/mol. The maximum Gasteiger partial charge on any atom is 0.573 e. The van der Waals surface area contributed by atoms with E-state index in [-0.39, 0.29) is 5.56 Å². The van der Waals surface area contributed by atoms with Crippen LogP contribution in [0, 0.1) is 0 Å². The average Bonchev–Trinajstić information content (AvgIpc) is 2.17. The second kappa shape index (κ2) is 5.38. The summed E-state index contributed by atoms with van der Waals surface area (Å²) in [4.78, 5) is 0. The number of benzene rings is 1. The summed E-state index contributed by atoms with van der Waals surface area (Å²) in [7, 11) is 0. The lowest BCUT2D eigenvalue weighted by Gasteiger charge is -2.15. The van der Waals surface area contributed by atoms with Crippen molar-refractivity contribution in [2.24, 2.45) is 5.73 Å². The number of rotatable bonds is 4. The Bertz CT molecular complexity index is 408. The summed E-state index contributed by atoms with van der Waals surface area (Å²) in [6.07, 6.45) is -8.41. The van der Waals surface area contributed by atoms with Crippen LogP contribution in [0.5, 0.6) is 11.5 Å². The molecule has 0 aliphatic heterocycles. The molecule has 1 aromatic rings. The zero-order valence-corrected chi connectivity index (χ0v) is 8.92. The Morgan fingerprint density at radius 1 is 1.28 bits per heavy atom. The first-order valence-electron chi connectivity index (χ1n) is 4.81. The largest absolute Gasteiger partial charge is 0.573 e. The molecule has 0 aliphatic carbocycles. The van der Waals surface area contributed by atoms with Gasteiger partial charge in [0.05, 0.1) is 0 Å². The van der Waals surface area contributed by atoms with Crippen LogP contribution in [0.4, 0.5) is 22.0 Å². The van der Waals surface area contributed by atoms with Crippen LogP contribution in [0.2, 0.25) is 0 Å². The fraction of sp³-hybridized carbons (Fsp3) is 0.400. The fourth-order valence-electron chi connectivity index (χ4n) is 1.35. The van der Waals surface area contributed by atoms with Gasteiger partial charge in [0.2, 0.25) is 6.43 Å². The second-order valence-corrected chi connectivity index (χ2v) is 3.50. The van der Waals surface area contributed by atoms with E-state index in [1.165, 1.54) is 0 Å². The van der Waals surface area contributed by atoms with Crippen LogP contribution in [0.15, 0.2) is 18.2 Å². The molecule has 3 nitrogen and oxygen atoms in total. The van der Waals surface area contributed by atoms with Gasteiger partial charge >= 0.3 is 6.36 Å². The van der Waals surface area contributed by atoms with Gasteiger partial charge in [-0.1, -0.05) is 0 Å². The molecule has 1 aromatic carbocycles. The Hall–Kier alpha value is -1.57. The Balaban J connectivity index is 2.94. The number of alkyl halides is 5. The van der Waals surface area contributed by atoms with Crippen LogP contribution in [-0.2, 0) is 0 Å². The molecule has 1 rings (SSSR count). The van der Waals surface area contributed by atoms with Gasteiger partial charge in [0.25, 0.3) is 0 Å². The monoisotopic (exact) mass is 271 g/mol. The van der Waals surface area contributed by atoms with Gasteiger partial charge in [0.15, 0.2) is 0 Å². The molecule has 18 heavy (non-hydrogen) atoms. The van der Waals surface area contributed by atoms with E-state index in [4.69, 9.17) is 5.73 Å². The third-order valence-corrected chi connectivity index (χ3v) is 2.06. The number of ether oxygens (including phenoxy) is 1. The van der Waals surface area contributed by atoms with Crippen molar-refractivity contribution in [1.82, 2.24) is 0 Å². The highest BCUT2D eigenvalue weighted by molar-refractivity contribution is 5.41. The average molecular weight is 271 g/mol. The van der Waals surface area contributed by atoms with Crippen molar-refractivity contribution < 1.29 is 31.8 Å². The number of nitrogens with two attached hydrogens (primary N) is 1. The van der Waals surface area contributed by atoms with Gasteiger partial charge in [-0.05, 0) is 18.2 Å². The lowest BCUT2D eigenvalue weighted by molar-refractivity contribution is -0.274. The van der Waals surface area contributed by atoms with Crippen molar-refractivity contribution in [3.63, 3.8) is 0 Å². The minimum absolute atomic E-state index is 0.225. The van der Waals surface area contributed by atoms with Crippen molar-refractivity contribution >= 4 is 0 Å². The lowest BCUT2D eigenvalue weighted by atomic mass is 10.0. The minimum atomic E-state index is -4.90. The molecule has 0 amide bonds. The highest BCUT2D eigenvalue weighted by atomic mass is 19.4. The van der Waals surface area contributed by atoms with E-state index in [0.29, 0.717) is 0 Å². The summed E-state index contributed by atoms with van der Waals surface area (Å²) in [6.45, 7) is 0. The summed E-state index contributed by atoms with van der Waals surface area (Å²) in [5.74, 6) is -1.09. The Morgan fingerprint density at radius 2 is 1.89 bits per heavy atom. The predicted molar refractivity (Wildman–Crippen MR) is 52.3 cm³/mol. The molecule has 0 bridgehead atoms. The van der Waals surface area contributed by atoms with Crippen LogP contribution >= 0.6 is 0 Å². The van der Waals surface area contributed by atoms with Crippen molar-refractivity contribution in [3.05, 3.63) is 23.8 Å². The van der Waals surface area contributed by atoms with E-state index in [0.717, 1.165) is 18.2 Å². The van der Waals surface area contributed by atoms with Crippen molar-refractivity contribution in [1.29, 1.82) is 0 Å². The number of phenolic OH excluding ortho intramolecular Hbond substituents is 1. The van der Waals surface area contributed by atoms with E-state index < -0.39 is 36.7 Å². The first-order valence-corrected chi connectivity index (χ1v) is 4.81.